The number of aromatic nitrogens is 2. The van der Waals surface area contributed by atoms with Crippen LogP contribution in [0.3, 0.4) is 0 Å². The van der Waals surface area contributed by atoms with Crippen LogP contribution >= 0.6 is 11.3 Å². The number of nitrogens with zero attached hydrogens (tertiary/aromatic N) is 3. The van der Waals surface area contributed by atoms with Gasteiger partial charge in [-0.15, -0.1) is 11.3 Å². The van der Waals surface area contributed by atoms with E-state index in [-0.39, 0.29) is 11.9 Å². The number of hydrogen-bond acceptors (Lipinski definition) is 5. The molecular weight excluding hydrogens is 248 g/mol. The van der Waals surface area contributed by atoms with E-state index in [1.807, 2.05) is 18.5 Å². The van der Waals surface area contributed by atoms with Crippen LogP contribution in [0.15, 0.2) is 17.8 Å². The monoisotopic (exact) mass is 262 g/mol. The lowest BCUT2D eigenvalue weighted by Gasteiger charge is -2.30. The van der Waals surface area contributed by atoms with E-state index in [0.29, 0.717) is 6.42 Å². The largest absolute Gasteiger partial charge is 0.365 e. The van der Waals surface area contributed by atoms with Crippen molar-refractivity contribution >= 4 is 33.3 Å². The molecule has 1 amide bonds. The second-order valence-corrected chi connectivity index (χ2v) is 5.41. The van der Waals surface area contributed by atoms with Gasteiger partial charge in [0.25, 0.3) is 0 Å². The van der Waals surface area contributed by atoms with Gasteiger partial charge in [0.1, 0.15) is 17.0 Å². The van der Waals surface area contributed by atoms with Crippen LogP contribution in [0.2, 0.25) is 0 Å². The molecule has 0 spiro atoms. The molecule has 2 aromatic heterocycles. The van der Waals surface area contributed by atoms with Gasteiger partial charge in [0.15, 0.2) is 0 Å². The van der Waals surface area contributed by atoms with Crippen molar-refractivity contribution in [2.75, 3.05) is 18.9 Å². The molecule has 94 valence electrons. The highest BCUT2D eigenvalue weighted by Crippen LogP contribution is 2.25. The van der Waals surface area contributed by atoms with Gasteiger partial charge in [-0.25, -0.2) is 9.97 Å². The first kappa shape index (κ1) is 11.4. The second-order valence-electron chi connectivity index (χ2n) is 4.52. The molecule has 2 aromatic rings. The van der Waals surface area contributed by atoms with Crippen LogP contribution in [0, 0.1) is 0 Å². The molecule has 1 unspecified atom stereocenters. The van der Waals surface area contributed by atoms with Crippen LogP contribution < -0.4 is 5.32 Å². The molecule has 3 rings (SSSR count). The smallest absolute Gasteiger partial charge is 0.222 e. The van der Waals surface area contributed by atoms with E-state index < -0.39 is 0 Å². The van der Waals surface area contributed by atoms with E-state index in [4.69, 9.17) is 0 Å². The topological polar surface area (TPSA) is 58.1 Å². The molecule has 1 aliphatic rings. The number of nitrogens with one attached hydrogen (secondary N) is 1. The second kappa shape index (κ2) is 4.53. The van der Waals surface area contributed by atoms with Gasteiger partial charge in [0.05, 0.1) is 5.39 Å². The van der Waals surface area contributed by atoms with Crippen LogP contribution in [0.1, 0.15) is 12.8 Å². The zero-order chi connectivity index (χ0) is 12.5. The Morgan fingerprint density at radius 3 is 3.22 bits per heavy atom. The fourth-order valence-corrected chi connectivity index (χ4v) is 2.96. The van der Waals surface area contributed by atoms with Crippen LogP contribution in [0.5, 0.6) is 0 Å². The molecule has 1 N–H and O–H groups in total. The summed E-state index contributed by atoms with van der Waals surface area (Å²) in [6, 6.07) is 2.30. The van der Waals surface area contributed by atoms with Crippen molar-refractivity contribution in [3.8, 4) is 0 Å². The molecule has 0 bridgehead atoms. The van der Waals surface area contributed by atoms with Crippen LogP contribution in [-0.2, 0) is 4.79 Å². The molecule has 3 heterocycles. The van der Waals surface area contributed by atoms with Crippen molar-refractivity contribution in [1.82, 2.24) is 14.9 Å². The number of carbonyl (C=O) groups excluding carboxylic acids is 1. The summed E-state index contributed by atoms with van der Waals surface area (Å²) in [6.07, 6.45) is 3.05. The van der Waals surface area contributed by atoms with E-state index in [9.17, 15) is 4.79 Å². The van der Waals surface area contributed by atoms with Crippen LogP contribution in [-0.4, -0.2) is 40.4 Å². The summed E-state index contributed by atoms with van der Waals surface area (Å²) >= 11 is 1.61. The van der Waals surface area contributed by atoms with Crippen molar-refractivity contribution in [2.45, 2.75) is 18.9 Å². The summed E-state index contributed by atoms with van der Waals surface area (Å²) in [5.74, 6) is 1.09. The standard InChI is InChI=1S/C12H14N4OS/c1-16-6-8(2-3-10(16)17)15-11-9-4-5-18-12(9)14-7-13-11/h4-5,7-8H,2-3,6H2,1H3,(H,13,14,15). The third-order valence-electron chi connectivity index (χ3n) is 3.23. The highest BCUT2D eigenvalue weighted by molar-refractivity contribution is 7.16. The highest BCUT2D eigenvalue weighted by Gasteiger charge is 2.23. The fourth-order valence-electron chi connectivity index (χ4n) is 2.23. The quantitative estimate of drug-likeness (QED) is 0.895. The van der Waals surface area contributed by atoms with E-state index in [1.54, 1.807) is 22.6 Å². The molecule has 0 saturated carbocycles. The van der Waals surface area contributed by atoms with E-state index in [2.05, 4.69) is 15.3 Å². The summed E-state index contributed by atoms with van der Waals surface area (Å²) in [5.41, 5.74) is 0. The zero-order valence-electron chi connectivity index (χ0n) is 10.1. The Hall–Kier alpha value is -1.69. The lowest BCUT2D eigenvalue weighted by molar-refractivity contribution is -0.132. The first-order valence-electron chi connectivity index (χ1n) is 5.93. The molecule has 1 saturated heterocycles. The Balaban J connectivity index is 1.80. The zero-order valence-corrected chi connectivity index (χ0v) is 10.9. The van der Waals surface area contributed by atoms with E-state index >= 15 is 0 Å². The number of anilines is 1. The Kier molecular flexibility index (Phi) is 2.87. The Bertz CT molecular complexity index is 582. The lowest BCUT2D eigenvalue weighted by atomic mass is 10.1. The number of thiophene rings is 1. The van der Waals surface area contributed by atoms with Gasteiger partial charge in [-0.2, -0.15) is 0 Å². The molecule has 6 heteroatoms. The Morgan fingerprint density at radius 1 is 1.50 bits per heavy atom. The fraction of sp³-hybridized carbons (Fsp3) is 0.417. The average molecular weight is 262 g/mol. The van der Waals surface area contributed by atoms with Gasteiger partial charge in [0, 0.05) is 26.1 Å². The molecule has 1 aliphatic heterocycles. The molecule has 0 aliphatic carbocycles. The molecule has 5 nitrogen and oxygen atoms in total. The maximum atomic E-state index is 11.4. The number of likely N-dealkylation sites (N-methyl/N-ethyl adjacent to an activating group) is 1. The van der Waals surface area contributed by atoms with Crippen LogP contribution in [0.25, 0.3) is 10.2 Å². The minimum absolute atomic E-state index is 0.219. The predicted octanol–water partition coefficient (Wildman–Crippen LogP) is 1.72. The van der Waals surface area contributed by atoms with Crippen molar-refractivity contribution in [1.29, 1.82) is 0 Å². The van der Waals surface area contributed by atoms with Crippen molar-refractivity contribution in [3.63, 3.8) is 0 Å². The van der Waals surface area contributed by atoms with Gasteiger partial charge < -0.3 is 10.2 Å². The predicted molar refractivity (Wildman–Crippen MR) is 71.7 cm³/mol. The average Bonchev–Trinajstić information content (AvgIpc) is 2.83. The number of fused-ring (bicyclic) bond motifs is 1. The minimum Gasteiger partial charge on any atom is -0.365 e. The number of hydrogen-bond donors (Lipinski definition) is 1. The van der Waals surface area contributed by atoms with Gasteiger partial charge in [0.2, 0.25) is 5.91 Å². The van der Waals surface area contributed by atoms with Crippen molar-refractivity contribution in [2.24, 2.45) is 0 Å². The van der Waals surface area contributed by atoms with E-state index in [1.165, 1.54) is 0 Å². The van der Waals surface area contributed by atoms with Gasteiger partial charge in [-0.05, 0) is 17.9 Å². The SMILES string of the molecule is CN1CC(Nc2ncnc3sccc23)CCC1=O. The summed E-state index contributed by atoms with van der Waals surface area (Å²) in [4.78, 5) is 22.7. The normalized spacial score (nSPS) is 20.4. The molecule has 18 heavy (non-hydrogen) atoms. The summed E-state index contributed by atoms with van der Waals surface area (Å²) < 4.78 is 0. The number of likely N-dealkylation sites (tertiary alicyclic amines) is 1. The summed E-state index contributed by atoms with van der Waals surface area (Å²) in [7, 11) is 1.84. The van der Waals surface area contributed by atoms with Crippen LogP contribution in [0.4, 0.5) is 5.82 Å². The molecule has 1 atom stereocenters. The number of amides is 1. The lowest BCUT2D eigenvalue weighted by Crippen LogP contribution is -2.43. The maximum Gasteiger partial charge on any atom is 0.222 e. The Labute approximate surface area is 109 Å². The van der Waals surface area contributed by atoms with E-state index in [0.717, 1.165) is 29.0 Å². The number of piperidine rings is 1. The third-order valence-corrected chi connectivity index (χ3v) is 4.05. The number of carbonyl (C=O) groups is 1. The first-order chi connectivity index (χ1) is 8.74. The molecular formula is C12H14N4OS. The molecule has 0 aromatic carbocycles. The van der Waals surface area contributed by atoms with Crippen molar-refractivity contribution < 1.29 is 4.79 Å². The Morgan fingerprint density at radius 2 is 2.39 bits per heavy atom. The molecule has 1 fully saturated rings. The first-order valence-corrected chi connectivity index (χ1v) is 6.80. The highest BCUT2D eigenvalue weighted by atomic mass is 32.1. The summed E-state index contributed by atoms with van der Waals surface area (Å²) in [5, 5.41) is 6.49. The van der Waals surface area contributed by atoms with Gasteiger partial charge >= 0.3 is 0 Å². The van der Waals surface area contributed by atoms with Gasteiger partial charge in [-0.3, -0.25) is 4.79 Å². The molecule has 0 radical (unpaired) electrons. The van der Waals surface area contributed by atoms with Gasteiger partial charge in [-0.1, -0.05) is 0 Å². The maximum absolute atomic E-state index is 11.4. The minimum atomic E-state index is 0.219. The van der Waals surface area contributed by atoms with Crippen molar-refractivity contribution in [3.05, 3.63) is 17.8 Å². The summed E-state index contributed by atoms with van der Waals surface area (Å²) in [6.45, 7) is 0.731. The number of rotatable bonds is 2. The third kappa shape index (κ3) is 2.03.